The third kappa shape index (κ3) is 1.02. The SMILES string of the molecule is ClC12Cc3ncccc3CC1(Br)C2. The summed E-state index contributed by atoms with van der Waals surface area (Å²) in [6.45, 7) is 0. The maximum absolute atomic E-state index is 6.43. The van der Waals surface area contributed by atoms with Crippen molar-refractivity contribution in [2.75, 3.05) is 0 Å². The van der Waals surface area contributed by atoms with Gasteiger partial charge in [0.25, 0.3) is 0 Å². The molecule has 1 heterocycles. The lowest BCUT2D eigenvalue weighted by Gasteiger charge is -2.22. The Kier molecular flexibility index (Phi) is 1.45. The Morgan fingerprint density at radius 2 is 2.31 bits per heavy atom. The van der Waals surface area contributed by atoms with Crippen LogP contribution in [-0.4, -0.2) is 14.2 Å². The van der Waals surface area contributed by atoms with Crippen LogP contribution in [0.3, 0.4) is 0 Å². The normalized spacial score (nSPS) is 40.8. The second kappa shape index (κ2) is 2.29. The lowest BCUT2D eigenvalue weighted by Crippen LogP contribution is -2.26. The number of fused-ring (bicyclic) bond motifs is 2. The van der Waals surface area contributed by atoms with Crippen molar-refractivity contribution in [1.82, 2.24) is 4.98 Å². The third-order valence-corrected chi connectivity index (χ3v) is 5.32. The van der Waals surface area contributed by atoms with Gasteiger partial charge >= 0.3 is 0 Å². The second-order valence-electron chi connectivity index (χ2n) is 4.07. The summed E-state index contributed by atoms with van der Waals surface area (Å²) in [5.41, 5.74) is 2.54. The van der Waals surface area contributed by atoms with Gasteiger partial charge in [-0.15, -0.1) is 11.6 Å². The van der Waals surface area contributed by atoms with Crippen LogP contribution in [0.1, 0.15) is 17.7 Å². The highest BCUT2D eigenvalue weighted by molar-refractivity contribution is 9.10. The first-order valence-corrected chi connectivity index (χ1v) is 5.61. The van der Waals surface area contributed by atoms with E-state index in [-0.39, 0.29) is 9.20 Å². The molecule has 0 spiro atoms. The zero-order chi connectivity index (χ0) is 9.10. The topological polar surface area (TPSA) is 12.9 Å². The van der Waals surface area contributed by atoms with Crippen LogP contribution in [0.5, 0.6) is 0 Å². The summed E-state index contributed by atoms with van der Waals surface area (Å²) in [5.74, 6) is 0. The quantitative estimate of drug-likeness (QED) is 0.652. The predicted octanol–water partition coefficient (Wildman–Crippen LogP) is 2.70. The minimum atomic E-state index is -0.0473. The molecule has 68 valence electrons. The van der Waals surface area contributed by atoms with Crippen LogP contribution in [0, 0.1) is 0 Å². The smallest absolute Gasteiger partial charge is 0.0672 e. The lowest BCUT2D eigenvalue weighted by molar-refractivity contribution is 0.700. The Labute approximate surface area is 90.6 Å². The summed E-state index contributed by atoms with van der Waals surface area (Å²) < 4.78 is 0.164. The number of nitrogens with zero attached hydrogens (tertiary/aromatic N) is 1. The molecule has 2 unspecified atom stereocenters. The minimum Gasteiger partial charge on any atom is -0.261 e. The molecule has 2 atom stereocenters. The highest BCUT2D eigenvalue weighted by Gasteiger charge is 2.67. The van der Waals surface area contributed by atoms with Crippen LogP contribution in [0.25, 0.3) is 0 Å². The Morgan fingerprint density at radius 3 is 3.15 bits per heavy atom. The molecular weight excluding hydrogens is 249 g/mol. The zero-order valence-electron chi connectivity index (χ0n) is 7.06. The van der Waals surface area contributed by atoms with E-state index in [9.17, 15) is 0 Å². The number of hydrogen-bond acceptors (Lipinski definition) is 1. The van der Waals surface area contributed by atoms with Crippen LogP contribution in [0.2, 0.25) is 0 Å². The standard InChI is InChI=1S/C10H9BrClN/c11-9-4-7-2-1-3-13-8(7)5-10(9,12)6-9/h1-3H,4-6H2. The zero-order valence-corrected chi connectivity index (χ0v) is 9.40. The molecule has 2 aliphatic carbocycles. The van der Waals surface area contributed by atoms with Crippen molar-refractivity contribution >= 4 is 27.5 Å². The second-order valence-corrected chi connectivity index (χ2v) is 6.31. The van der Waals surface area contributed by atoms with Gasteiger partial charge in [-0.1, -0.05) is 22.0 Å². The maximum Gasteiger partial charge on any atom is 0.0672 e. The van der Waals surface area contributed by atoms with Crippen molar-refractivity contribution in [2.45, 2.75) is 28.5 Å². The van der Waals surface area contributed by atoms with Gasteiger partial charge in [-0.2, -0.15) is 0 Å². The Hall–Kier alpha value is -0.0800. The van der Waals surface area contributed by atoms with E-state index in [2.05, 4.69) is 27.0 Å². The van der Waals surface area contributed by atoms with E-state index in [4.69, 9.17) is 11.6 Å². The van der Waals surface area contributed by atoms with E-state index in [0.717, 1.165) is 19.3 Å². The molecule has 1 aromatic rings. The van der Waals surface area contributed by atoms with E-state index in [1.165, 1.54) is 11.3 Å². The molecule has 1 nitrogen and oxygen atoms in total. The molecule has 0 aromatic carbocycles. The average molecular weight is 259 g/mol. The van der Waals surface area contributed by atoms with Gasteiger partial charge in [-0.05, 0) is 24.5 Å². The maximum atomic E-state index is 6.43. The monoisotopic (exact) mass is 257 g/mol. The lowest BCUT2D eigenvalue weighted by atomic mass is 9.96. The molecule has 0 amide bonds. The largest absolute Gasteiger partial charge is 0.261 e. The summed E-state index contributed by atoms with van der Waals surface area (Å²) >= 11 is 10.2. The highest BCUT2D eigenvalue weighted by Crippen LogP contribution is 2.64. The van der Waals surface area contributed by atoms with E-state index in [1.807, 2.05) is 12.3 Å². The molecule has 0 saturated heterocycles. The number of pyridine rings is 1. The third-order valence-electron chi connectivity index (χ3n) is 3.14. The molecule has 0 N–H and O–H groups in total. The van der Waals surface area contributed by atoms with Crippen LogP contribution in [0.4, 0.5) is 0 Å². The van der Waals surface area contributed by atoms with Crippen LogP contribution < -0.4 is 0 Å². The number of halogens is 2. The van der Waals surface area contributed by atoms with Crippen molar-refractivity contribution in [3.05, 3.63) is 29.6 Å². The molecule has 3 heteroatoms. The summed E-state index contributed by atoms with van der Waals surface area (Å²) in [7, 11) is 0. The van der Waals surface area contributed by atoms with Crippen LogP contribution in [0.15, 0.2) is 18.3 Å². The van der Waals surface area contributed by atoms with Crippen molar-refractivity contribution in [3.8, 4) is 0 Å². The van der Waals surface area contributed by atoms with Gasteiger partial charge in [-0.3, -0.25) is 4.98 Å². The van der Waals surface area contributed by atoms with E-state index >= 15 is 0 Å². The first kappa shape index (κ1) is 8.25. The fourth-order valence-corrected chi connectivity index (χ4v) is 3.70. The Morgan fingerprint density at radius 1 is 1.46 bits per heavy atom. The summed E-state index contributed by atoms with van der Waals surface area (Å²) in [5, 5.41) is 0. The molecule has 1 aromatic heterocycles. The first-order valence-electron chi connectivity index (χ1n) is 4.44. The van der Waals surface area contributed by atoms with Gasteiger partial charge in [0.05, 0.1) is 9.20 Å². The van der Waals surface area contributed by atoms with E-state index in [0.29, 0.717) is 0 Å². The minimum absolute atomic E-state index is 0.0473. The fraction of sp³-hybridized carbons (Fsp3) is 0.500. The molecule has 13 heavy (non-hydrogen) atoms. The van der Waals surface area contributed by atoms with Gasteiger partial charge in [0, 0.05) is 18.3 Å². The Bertz CT molecular complexity index is 346. The van der Waals surface area contributed by atoms with E-state index < -0.39 is 0 Å². The molecule has 0 radical (unpaired) electrons. The van der Waals surface area contributed by atoms with Crippen molar-refractivity contribution < 1.29 is 0 Å². The molecular formula is C10H9BrClN. The van der Waals surface area contributed by atoms with Crippen molar-refractivity contribution in [3.63, 3.8) is 0 Å². The number of alkyl halides is 2. The molecule has 0 bridgehead atoms. The summed E-state index contributed by atoms with van der Waals surface area (Å²) in [6, 6.07) is 4.15. The Balaban J connectivity index is 2.08. The van der Waals surface area contributed by atoms with Gasteiger partial charge in [0.2, 0.25) is 0 Å². The summed E-state index contributed by atoms with van der Waals surface area (Å²) in [4.78, 5) is 4.32. The van der Waals surface area contributed by atoms with Gasteiger partial charge < -0.3 is 0 Å². The van der Waals surface area contributed by atoms with Gasteiger partial charge in [0.15, 0.2) is 0 Å². The van der Waals surface area contributed by atoms with Crippen molar-refractivity contribution in [1.29, 1.82) is 0 Å². The van der Waals surface area contributed by atoms with Crippen LogP contribution >= 0.6 is 27.5 Å². The van der Waals surface area contributed by atoms with Gasteiger partial charge in [0.1, 0.15) is 0 Å². The van der Waals surface area contributed by atoms with Crippen molar-refractivity contribution in [2.24, 2.45) is 0 Å². The summed E-state index contributed by atoms with van der Waals surface area (Å²) in [6.07, 6.45) is 4.86. The van der Waals surface area contributed by atoms with Gasteiger partial charge in [-0.25, -0.2) is 0 Å². The highest BCUT2D eigenvalue weighted by atomic mass is 79.9. The first-order chi connectivity index (χ1) is 6.13. The van der Waals surface area contributed by atoms with E-state index in [1.54, 1.807) is 0 Å². The molecule has 3 rings (SSSR count). The molecule has 1 fully saturated rings. The molecule has 2 aliphatic rings. The number of aromatic nitrogens is 1. The molecule has 1 saturated carbocycles. The number of rotatable bonds is 0. The molecule has 0 aliphatic heterocycles. The predicted molar refractivity (Wildman–Crippen MR) is 56.5 cm³/mol. The fourth-order valence-electron chi connectivity index (χ4n) is 2.20. The van der Waals surface area contributed by atoms with Crippen LogP contribution in [-0.2, 0) is 12.8 Å². The average Bonchev–Trinajstić information content (AvgIpc) is 2.61. The number of hydrogen-bond donors (Lipinski definition) is 0.